The molecule has 0 amide bonds. The number of hydrogen-bond donors (Lipinski definition) is 2. The van der Waals surface area contributed by atoms with Crippen LogP contribution in [0.5, 0.6) is 0 Å². The molecule has 1 aliphatic rings. The van der Waals surface area contributed by atoms with Crippen LogP contribution < -0.4 is 0 Å². The third-order valence-electron chi connectivity index (χ3n) is 1.82. The van der Waals surface area contributed by atoms with Gasteiger partial charge < -0.3 is 20.8 Å². The Labute approximate surface area is 154 Å². The Balaban J connectivity index is -0.000000480. The minimum absolute atomic E-state index is 0. The summed E-state index contributed by atoms with van der Waals surface area (Å²) in [7, 11) is 0. The molecule has 0 bridgehead atoms. The predicted octanol–water partition coefficient (Wildman–Crippen LogP) is -0.997. The van der Waals surface area contributed by atoms with Gasteiger partial charge in [0.15, 0.2) is 0 Å². The van der Waals surface area contributed by atoms with E-state index in [1.165, 1.54) is 0 Å². The molecule has 1 saturated heterocycles. The Kier molecular flexibility index (Phi) is 16.5. The van der Waals surface area contributed by atoms with Crippen molar-refractivity contribution in [2.24, 2.45) is 0 Å². The van der Waals surface area contributed by atoms with Gasteiger partial charge in [-0.05, 0) is 0 Å². The average Bonchev–Trinajstić information content (AvgIpc) is 2.04. The first-order chi connectivity index (χ1) is 5.61. The number of thiocarbonyl (C=S) groups is 2. The van der Waals surface area contributed by atoms with Crippen LogP contribution in [-0.2, 0) is 0 Å². The second-order valence-corrected chi connectivity index (χ2v) is 4.76. The van der Waals surface area contributed by atoms with Gasteiger partial charge in [-0.25, -0.2) is 0 Å². The summed E-state index contributed by atoms with van der Waals surface area (Å²) in [5.41, 5.74) is 0. The van der Waals surface area contributed by atoms with Gasteiger partial charge in [-0.3, -0.25) is 0 Å². The number of hydrogen-bond acceptors (Lipinski definition) is 2. The van der Waals surface area contributed by atoms with Crippen LogP contribution in [0.2, 0.25) is 0 Å². The average molecular weight is 314 g/mol. The Morgan fingerprint density at radius 3 is 1.13 bits per heavy atom. The minimum Gasteiger partial charge on any atom is -0.412 e. The number of rotatable bonds is 0. The van der Waals surface area contributed by atoms with Crippen LogP contribution in [0.15, 0.2) is 0 Å². The van der Waals surface area contributed by atoms with Gasteiger partial charge in [0.25, 0.3) is 0 Å². The van der Waals surface area contributed by atoms with Crippen molar-refractivity contribution >= 4 is 110 Å². The summed E-state index contributed by atoms with van der Waals surface area (Å²) in [6.45, 7) is 3.57. The zero-order valence-electron chi connectivity index (χ0n) is 8.43. The summed E-state index contributed by atoms with van der Waals surface area (Å²) >= 11 is 18.1. The van der Waals surface area contributed by atoms with E-state index in [0.717, 1.165) is 26.2 Å². The van der Waals surface area contributed by atoms with Crippen LogP contribution in [0.3, 0.4) is 0 Å². The van der Waals surface area contributed by atoms with Crippen LogP contribution >= 0.6 is 49.7 Å². The third kappa shape index (κ3) is 7.87. The number of nitrogens with zero attached hydrogens (tertiary/aromatic N) is 2. The van der Waals surface area contributed by atoms with Gasteiger partial charge >= 0.3 is 0 Å². The fourth-order valence-corrected chi connectivity index (χ4v) is 1.85. The summed E-state index contributed by atoms with van der Waals surface area (Å²) in [6, 6.07) is 0. The molecule has 1 rings (SSSR count). The fourth-order valence-electron chi connectivity index (χ4n) is 1.09. The van der Waals surface area contributed by atoms with E-state index in [0.29, 0.717) is 8.64 Å². The van der Waals surface area contributed by atoms with E-state index in [2.05, 4.69) is 35.1 Å². The van der Waals surface area contributed by atoms with E-state index in [1.807, 2.05) is 0 Å². The first kappa shape index (κ1) is 22.2. The Bertz CT molecular complexity index is 189. The molecule has 0 aromatic rings. The number of piperazine rings is 1. The molecule has 0 saturated carbocycles. The third-order valence-corrected chi connectivity index (χ3v) is 2.90. The molecule has 85 valence electrons. The van der Waals surface area contributed by atoms with E-state index >= 15 is 0 Å². The van der Waals surface area contributed by atoms with Crippen LogP contribution in [0.25, 0.3) is 0 Å². The Morgan fingerprint density at radius 2 is 1.00 bits per heavy atom. The van der Waals surface area contributed by atoms with Crippen LogP contribution in [0.1, 0.15) is 0 Å². The molecule has 1 aliphatic heterocycles. The van der Waals surface area contributed by atoms with E-state index in [1.54, 1.807) is 0 Å². The molecule has 9 heteroatoms. The van der Waals surface area contributed by atoms with Gasteiger partial charge in [0.05, 0.1) is 0 Å². The smallest absolute Gasteiger partial charge is 0.133 e. The van der Waals surface area contributed by atoms with Crippen LogP contribution in [0, 0.1) is 0 Å². The Hall–Kier alpha value is 2.04. The molecule has 1 heterocycles. The molecule has 0 atom stereocenters. The molecular formula is C6H14KN2O2S4. The Morgan fingerprint density at radius 1 is 0.800 bits per heavy atom. The molecule has 0 aliphatic carbocycles. The monoisotopic (exact) mass is 313 g/mol. The summed E-state index contributed by atoms with van der Waals surface area (Å²) in [4.78, 5) is 4.11. The van der Waals surface area contributed by atoms with Crippen molar-refractivity contribution in [2.45, 2.75) is 0 Å². The van der Waals surface area contributed by atoms with Crippen molar-refractivity contribution in [2.75, 3.05) is 26.2 Å². The van der Waals surface area contributed by atoms with Crippen molar-refractivity contribution in [1.29, 1.82) is 0 Å². The largest absolute Gasteiger partial charge is 0.412 e. The second kappa shape index (κ2) is 11.1. The standard InChI is InChI=1S/C6H10N2S4.K.2H2O/c9-5(10)7-1-2-8(4-3-7)6(11)12;;;/h1-4H2,(H,9,10)(H,11,12);;2*1H2. The van der Waals surface area contributed by atoms with E-state index < -0.39 is 0 Å². The summed E-state index contributed by atoms with van der Waals surface area (Å²) in [5.74, 6) is 0. The van der Waals surface area contributed by atoms with Crippen molar-refractivity contribution in [3.63, 3.8) is 0 Å². The molecular weight excluding hydrogens is 299 g/mol. The zero-order chi connectivity index (χ0) is 9.14. The first-order valence-electron chi connectivity index (χ1n) is 3.57. The van der Waals surface area contributed by atoms with Gasteiger partial charge in [0.2, 0.25) is 0 Å². The zero-order valence-corrected chi connectivity index (χ0v) is 15.0. The van der Waals surface area contributed by atoms with E-state index in [9.17, 15) is 0 Å². The molecule has 0 unspecified atom stereocenters. The molecule has 0 aromatic heterocycles. The van der Waals surface area contributed by atoms with Crippen LogP contribution in [-0.4, -0.2) is 107 Å². The minimum atomic E-state index is 0. The van der Waals surface area contributed by atoms with Crippen molar-refractivity contribution in [3.8, 4) is 0 Å². The van der Waals surface area contributed by atoms with Gasteiger partial charge in [-0.2, -0.15) is 0 Å². The normalized spacial score (nSPS) is 14.3. The topological polar surface area (TPSA) is 69.5 Å². The summed E-state index contributed by atoms with van der Waals surface area (Å²) in [6.07, 6.45) is 0. The summed E-state index contributed by atoms with van der Waals surface area (Å²) < 4.78 is 1.33. The molecule has 4 nitrogen and oxygen atoms in total. The molecule has 0 aromatic carbocycles. The second-order valence-electron chi connectivity index (χ2n) is 2.54. The summed E-state index contributed by atoms with van der Waals surface area (Å²) in [5, 5.41) is 0. The van der Waals surface area contributed by atoms with Gasteiger partial charge in [-0.1, -0.05) is 24.4 Å². The number of thiol groups is 2. The SMILES string of the molecule is O.O.S=C(S)N1CCN(C(=S)S)CC1.[K]. The van der Waals surface area contributed by atoms with Crippen molar-refractivity contribution < 1.29 is 11.0 Å². The van der Waals surface area contributed by atoms with E-state index in [4.69, 9.17) is 24.4 Å². The van der Waals surface area contributed by atoms with Crippen LogP contribution in [0.4, 0.5) is 0 Å². The molecule has 1 radical (unpaired) electrons. The maximum atomic E-state index is 4.94. The fraction of sp³-hybridized carbons (Fsp3) is 0.667. The maximum absolute atomic E-state index is 4.94. The predicted molar refractivity (Wildman–Crippen MR) is 79.3 cm³/mol. The van der Waals surface area contributed by atoms with Gasteiger partial charge in [0, 0.05) is 77.6 Å². The first-order valence-corrected chi connectivity index (χ1v) is 5.28. The molecule has 1 fully saturated rings. The molecule has 0 spiro atoms. The van der Waals surface area contributed by atoms with Gasteiger partial charge in [0.1, 0.15) is 8.64 Å². The van der Waals surface area contributed by atoms with Crippen molar-refractivity contribution in [3.05, 3.63) is 0 Å². The maximum Gasteiger partial charge on any atom is 0.133 e. The quantitative estimate of drug-likeness (QED) is 0.342. The molecule has 15 heavy (non-hydrogen) atoms. The molecule has 4 N–H and O–H groups in total. The van der Waals surface area contributed by atoms with E-state index in [-0.39, 0.29) is 62.3 Å². The van der Waals surface area contributed by atoms with Crippen molar-refractivity contribution in [1.82, 2.24) is 9.80 Å². The van der Waals surface area contributed by atoms with Gasteiger partial charge in [-0.15, -0.1) is 25.3 Å².